The van der Waals surface area contributed by atoms with Crippen molar-refractivity contribution in [3.05, 3.63) is 78.1 Å². The molecule has 5 nitrogen and oxygen atoms in total. The van der Waals surface area contributed by atoms with E-state index in [9.17, 15) is 4.79 Å². The molecule has 0 spiro atoms. The van der Waals surface area contributed by atoms with Gasteiger partial charge in [0.15, 0.2) is 11.5 Å². The Bertz CT molecular complexity index is 918. The highest BCUT2D eigenvalue weighted by atomic mass is 16.5. The van der Waals surface area contributed by atoms with Crippen molar-refractivity contribution in [3.63, 3.8) is 0 Å². The maximum Gasteiger partial charge on any atom is 0.224 e. The number of rotatable bonds is 9. The highest BCUT2D eigenvalue weighted by Gasteiger charge is 2.13. The lowest BCUT2D eigenvalue weighted by molar-refractivity contribution is -0.121. The van der Waals surface area contributed by atoms with Gasteiger partial charge < -0.3 is 19.4 Å². The van der Waals surface area contributed by atoms with Crippen molar-refractivity contribution in [1.29, 1.82) is 0 Å². The van der Waals surface area contributed by atoms with Crippen molar-refractivity contribution in [2.75, 3.05) is 13.7 Å². The summed E-state index contributed by atoms with van der Waals surface area (Å²) in [5.74, 6) is 1.38. The van der Waals surface area contributed by atoms with Gasteiger partial charge >= 0.3 is 0 Å². The number of benzene rings is 2. The zero-order chi connectivity index (χ0) is 20.6. The molecule has 1 amide bonds. The van der Waals surface area contributed by atoms with E-state index in [1.807, 2.05) is 78.5 Å². The molecule has 0 fully saturated rings. The smallest absolute Gasteiger partial charge is 0.224 e. The first-order valence-electron chi connectivity index (χ1n) is 9.93. The topological polar surface area (TPSA) is 52.5 Å². The number of nitrogens with one attached hydrogen (secondary N) is 1. The zero-order valence-corrected chi connectivity index (χ0v) is 17.2. The second kappa shape index (κ2) is 9.82. The molecule has 3 aromatic rings. The lowest BCUT2D eigenvalue weighted by Gasteiger charge is -2.17. The first-order valence-corrected chi connectivity index (χ1v) is 9.93. The summed E-state index contributed by atoms with van der Waals surface area (Å²) >= 11 is 0. The number of nitrogens with zero attached hydrogens (tertiary/aromatic N) is 1. The fourth-order valence-electron chi connectivity index (χ4n) is 3.14. The van der Waals surface area contributed by atoms with Crippen LogP contribution in [0.5, 0.6) is 11.5 Å². The Kier molecular flexibility index (Phi) is 6.95. The van der Waals surface area contributed by atoms with Crippen LogP contribution in [0.3, 0.4) is 0 Å². The summed E-state index contributed by atoms with van der Waals surface area (Å²) in [5.41, 5.74) is 3.03. The normalized spacial score (nSPS) is 11.7. The van der Waals surface area contributed by atoms with Gasteiger partial charge in [0, 0.05) is 18.1 Å². The quantitative estimate of drug-likeness (QED) is 0.574. The monoisotopic (exact) mass is 392 g/mol. The van der Waals surface area contributed by atoms with Gasteiger partial charge in [-0.3, -0.25) is 4.79 Å². The third-order valence-corrected chi connectivity index (χ3v) is 4.73. The SMILES string of the molecule is CCCOc1ccc(C(C)NC(=O)Cc2ccc(-n3cccc3)cc2)cc1OC. The molecular weight excluding hydrogens is 364 g/mol. The number of methoxy groups -OCH3 is 1. The molecule has 1 aromatic heterocycles. The van der Waals surface area contributed by atoms with Gasteiger partial charge in [-0.2, -0.15) is 0 Å². The minimum Gasteiger partial charge on any atom is -0.493 e. The third-order valence-electron chi connectivity index (χ3n) is 4.73. The van der Waals surface area contributed by atoms with E-state index in [2.05, 4.69) is 12.2 Å². The van der Waals surface area contributed by atoms with Crippen LogP contribution in [0.4, 0.5) is 0 Å². The number of hydrogen-bond donors (Lipinski definition) is 1. The van der Waals surface area contributed by atoms with Crippen molar-refractivity contribution in [2.24, 2.45) is 0 Å². The van der Waals surface area contributed by atoms with Crippen LogP contribution in [-0.4, -0.2) is 24.2 Å². The van der Waals surface area contributed by atoms with Crippen LogP contribution in [-0.2, 0) is 11.2 Å². The van der Waals surface area contributed by atoms with Gasteiger partial charge in [0.2, 0.25) is 5.91 Å². The largest absolute Gasteiger partial charge is 0.493 e. The Hall–Kier alpha value is -3.21. The van der Waals surface area contributed by atoms with E-state index in [0.717, 1.165) is 29.0 Å². The molecule has 5 heteroatoms. The Morgan fingerprint density at radius 1 is 1.07 bits per heavy atom. The number of carbonyl (C=O) groups excluding carboxylic acids is 1. The van der Waals surface area contributed by atoms with Gasteiger partial charge in [0.05, 0.1) is 26.2 Å². The summed E-state index contributed by atoms with van der Waals surface area (Å²) in [6.07, 6.45) is 5.27. The van der Waals surface area contributed by atoms with E-state index in [1.54, 1.807) is 7.11 Å². The molecule has 0 saturated heterocycles. The van der Waals surface area contributed by atoms with E-state index in [1.165, 1.54) is 0 Å². The predicted molar refractivity (Wildman–Crippen MR) is 115 cm³/mol. The van der Waals surface area contributed by atoms with Crippen molar-refractivity contribution >= 4 is 5.91 Å². The van der Waals surface area contributed by atoms with Gasteiger partial charge in [0.1, 0.15) is 0 Å². The third kappa shape index (κ3) is 5.41. The molecule has 2 aromatic carbocycles. The van der Waals surface area contributed by atoms with Crippen LogP contribution in [0, 0.1) is 0 Å². The number of hydrogen-bond acceptors (Lipinski definition) is 3. The fourth-order valence-corrected chi connectivity index (χ4v) is 3.14. The van der Waals surface area contributed by atoms with E-state index in [-0.39, 0.29) is 11.9 Å². The highest BCUT2D eigenvalue weighted by molar-refractivity contribution is 5.79. The lowest BCUT2D eigenvalue weighted by Crippen LogP contribution is -2.28. The Morgan fingerprint density at radius 3 is 2.45 bits per heavy atom. The minimum atomic E-state index is -0.129. The Morgan fingerprint density at radius 2 is 1.79 bits per heavy atom. The standard InChI is InChI=1S/C24H28N2O3/c1-4-15-29-22-12-9-20(17-23(22)28-3)18(2)25-24(27)16-19-7-10-21(11-8-19)26-13-5-6-14-26/h5-14,17-18H,4,15-16H2,1-3H3,(H,25,27). The molecule has 0 aliphatic carbocycles. The lowest BCUT2D eigenvalue weighted by atomic mass is 10.1. The van der Waals surface area contributed by atoms with E-state index < -0.39 is 0 Å². The Balaban J connectivity index is 1.60. The molecule has 1 N–H and O–H groups in total. The van der Waals surface area contributed by atoms with Crippen molar-refractivity contribution in [3.8, 4) is 17.2 Å². The molecule has 0 bridgehead atoms. The molecule has 3 rings (SSSR count). The van der Waals surface area contributed by atoms with E-state index >= 15 is 0 Å². The molecule has 0 radical (unpaired) electrons. The molecule has 0 aliphatic heterocycles. The molecular formula is C24H28N2O3. The van der Waals surface area contributed by atoms with Crippen LogP contribution >= 0.6 is 0 Å². The molecule has 1 unspecified atom stereocenters. The van der Waals surface area contributed by atoms with Crippen LogP contribution < -0.4 is 14.8 Å². The zero-order valence-electron chi connectivity index (χ0n) is 17.2. The predicted octanol–water partition coefficient (Wildman–Crippen LogP) is 4.69. The molecule has 0 aliphatic rings. The molecule has 0 saturated carbocycles. The second-order valence-corrected chi connectivity index (χ2v) is 6.98. The Labute approximate surface area is 172 Å². The van der Waals surface area contributed by atoms with Crippen LogP contribution in [0.25, 0.3) is 5.69 Å². The number of ether oxygens (including phenoxy) is 2. The summed E-state index contributed by atoms with van der Waals surface area (Å²) in [5, 5.41) is 3.06. The number of amides is 1. The number of aromatic nitrogens is 1. The van der Waals surface area contributed by atoms with Crippen molar-refractivity contribution in [1.82, 2.24) is 9.88 Å². The molecule has 152 valence electrons. The average molecular weight is 392 g/mol. The van der Waals surface area contributed by atoms with Gasteiger partial charge in [-0.15, -0.1) is 0 Å². The summed E-state index contributed by atoms with van der Waals surface area (Å²) in [6, 6.07) is 17.6. The van der Waals surface area contributed by atoms with Crippen LogP contribution in [0.1, 0.15) is 37.4 Å². The minimum absolute atomic E-state index is 0.0171. The van der Waals surface area contributed by atoms with Crippen molar-refractivity contribution in [2.45, 2.75) is 32.7 Å². The second-order valence-electron chi connectivity index (χ2n) is 6.98. The van der Waals surface area contributed by atoms with Crippen LogP contribution in [0.2, 0.25) is 0 Å². The highest BCUT2D eigenvalue weighted by Crippen LogP contribution is 2.30. The molecule has 29 heavy (non-hydrogen) atoms. The number of carbonyl (C=O) groups is 1. The van der Waals surface area contributed by atoms with Crippen LogP contribution in [0.15, 0.2) is 67.0 Å². The maximum atomic E-state index is 12.5. The molecule has 1 heterocycles. The summed E-state index contributed by atoms with van der Waals surface area (Å²) in [4.78, 5) is 12.5. The van der Waals surface area contributed by atoms with Gasteiger partial charge in [-0.05, 0) is 60.9 Å². The van der Waals surface area contributed by atoms with Crippen molar-refractivity contribution < 1.29 is 14.3 Å². The fraction of sp³-hybridized carbons (Fsp3) is 0.292. The summed E-state index contributed by atoms with van der Waals surface area (Å²) < 4.78 is 13.2. The van der Waals surface area contributed by atoms with E-state index in [0.29, 0.717) is 18.8 Å². The van der Waals surface area contributed by atoms with Gasteiger partial charge in [-0.1, -0.05) is 25.1 Å². The van der Waals surface area contributed by atoms with Gasteiger partial charge in [-0.25, -0.2) is 0 Å². The average Bonchev–Trinajstić information content (AvgIpc) is 3.27. The maximum absolute atomic E-state index is 12.5. The first-order chi connectivity index (χ1) is 14.1. The first kappa shape index (κ1) is 20.5. The molecule has 1 atom stereocenters. The van der Waals surface area contributed by atoms with E-state index in [4.69, 9.17) is 9.47 Å². The van der Waals surface area contributed by atoms with Gasteiger partial charge in [0.25, 0.3) is 0 Å². The summed E-state index contributed by atoms with van der Waals surface area (Å²) in [7, 11) is 1.62. The summed E-state index contributed by atoms with van der Waals surface area (Å²) in [6.45, 7) is 4.67.